The average Bonchev–Trinajstić information content (AvgIpc) is 3.63. The predicted molar refractivity (Wildman–Crippen MR) is 150 cm³/mol. The zero-order valence-corrected chi connectivity index (χ0v) is 22.3. The maximum atomic E-state index is 13.1. The second-order valence-electron chi connectivity index (χ2n) is 8.47. The number of benzene rings is 1. The molecule has 1 amide bonds. The Morgan fingerprint density at radius 2 is 1.98 bits per heavy atom. The first-order chi connectivity index (χ1) is 19.2. The molecular formula is C27H28N10O3. The van der Waals surface area contributed by atoms with Crippen molar-refractivity contribution in [3.8, 4) is 17.5 Å². The smallest absolute Gasteiger partial charge is 0.272 e. The number of para-hydroxylation sites is 1. The molecule has 5 aromatic rings. The molecule has 0 aliphatic carbocycles. The lowest BCUT2D eigenvalue weighted by Gasteiger charge is -2.10. The zero-order valence-electron chi connectivity index (χ0n) is 22.3. The number of hydrogen-bond acceptors (Lipinski definition) is 9. The fourth-order valence-corrected chi connectivity index (χ4v) is 3.87. The van der Waals surface area contributed by atoms with E-state index in [4.69, 9.17) is 16.0 Å². The second kappa shape index (κ2) is 11.8. The highest BCUT2D eigenvalue weighted by Crippen LogP contribution is 2.16. The van der Waals surface area contributed by atoms with E-state index in [0.29, 0.717) is 24.6 Å². The van der Waals surface area contributed by atoms with Crippen LogP contribution in [0, 0.1) is 18.8 Å². The normalized spacial score (nSPS) is 10.4. The molecule has 40 heavy (non-hydrogen) atoms. The van der Waals surface area contributed by atoms with E-state index in [2.05, 4.69) is 44.1 Å². The van der Waals surface area contributed by atoms with Gasteiger partial charge >= 0.3 is 0 Å². The summed E-state index contributed by atoms with van der Waals surface area (Å²) < 4.78 is 9.95. The molecule has 0 unspecified atom stereocenters. The van der Waals surface area contributed by atoms with Crippen molar-refractivity contribution in [1.82, 2.24) is 34.1 Å². The molecule has 0 bridgehead atoms. The predicted octanol–water partition coefficient (Wildman–Crippen LogP) is 1.67. The van der Waals surface area contributed by atoms with Crippen molar-refractivity contribution < 1.29 is 9.32 Å². The van der Waals surface area contributed by atoms with E-state index in [9.17, 15) is 9.59 Å². The Morgan fingerprint density at radius 1 is 1.23 bits per heavy atom. The fraction of sp³-hybridized carbons (Fsp3) is 0.185. The standard InChI is InChI=1S/C19H15N5O2.C8H13N5O/c1-3-16-21-18-17(19(25)24(16)14-7-5-4-6-8-14)15(22-26-18)10-9-13-11-20-23(2)12-13;1-3-4-11-13-5(2)12-7(9)6(13)8(10)14/h4-8,11-12H,3H2,1-2H3;3,11H,1,4,9H2,2H3,(H2,10,14). The third kappa shape index (κ3) is 5.60. The first-order valence-electron chi connectivity index (χ1n) is 12.2. The molecule has 0 saturated heterocycles. The molecule has 1 aromatic carbocycles. The van der Waals surface area contributed by atoms with Crippen molar-refractivity contribution >= 4 is 22.8 Å². The van der Waals surface area contributed by atoms with Crippen LogP contribution >= 0.6 is 0 Å². The summed E-state index contributed by atoms with van der Waals surface area (Å²) in [6, 6.07) is 9.38. The number of nitrogens with one attached hydrogen (secondary N) is 1. The number of aromatic nitrogens is 7. The number of nitrogen functional groups attached to an aromatic ring is 1. The number of aryl methyl sites for hydroxylation is 3. The second-order valence-corrected chi connectivity index (χ2v) is 8.47. The van der Waals surface area contributed by atoms with Crippen LogP contribution < -0.4 is 22.5 Å². The number of carbonyl (C=O) groups is 1. The molecule has 5 rings (SSSR count). The van der Waals surface area contributed by atoms with Crippen LogP contribution in [0.3, 0.4) is 0 Å². The number of anilines is 1. The summed E-state index contributed by atoms with van der Waals surface area (Å²) in [5, 5.41) is 8.28. The van der Waals surface area contributed by atoms with Gasteiger partial charge in [0.2, 0.25) is 0 Å². The number of rotatable bonds is 6. The molecular weight excluding hydrogens is 512 g/mol. The topological polar surface area (TPSA) is 178 Å². The minimum Gasteiger partial charge on any atom is -0.382 e. The van der Waals surface area contributed by atoms with Crippen molar-refractivity contribution in [2.75, 3.05) is 17.7 Å². The summed E-state index contributed by atoms with van der Waals surface area (Å²) in [5.74, 6) is 6.55. The van der Waals surface area contributed by atoms with Gasteiger partial charge in [0.05, 0.1) is 17.4 Å². The van der Waals surface area contributed by atoms with Crippen LogP contribution in [0.15, 0.2) is 64.7 Å². The van der Waals surface area contributed by atoms with Crippen molar-refractivity contribution in [1.29, 1.82) is 0 Å². The first-order valence-corrected chi connectivity index (χ1v) is 12.2. The number of carbonyl (C=O) groups excluding carboxylic acids is 1. The van der Waals surface area contributed by atoms with E-state index >= 15 is 0 Å². The summed E-state index contributed by atoms with van der Waals surface area (Å²) in [6.45, 7) is 7.70. The van der Waals surface area contributed by atoms with Crippen LogP contribution in [0.5, 0.6) is 0 Å². The summed E-state index contributed by atoms with van der Waals surface area (Å²) in [5.41, 5.74) is 15.4. The van der Waals surface area contributed by atoms with Crippen LogP contribution in [-0.2, 0) is 13.5 Å². The Balaban J connectivity index is 0.000000224. The Labute approximate surface area is 229 Å². The molecule has 0 spiro atoms. The molecule has 0 aliphatic heterocycles. The summed E-state index contributed by atoms with van der Waals surface area (Å²) in [7, 11) is 1.81. The van der Waals surface area contributed by atoms with Gasteiger partial charge in [-0.25, -0.2) is 9.66 Å². The van der Waals surface area contributed by atoms with Gasteiger partial charge in [-0.2, -0.15) is 10.1 Å². The zero-order chi connectivity index (χ0) is 28.8. The maximum Gasteiger partial charge on any atom is 0.272 e. The van der Waals surface area contributed by atoms with Crippen molar-refractivity contribution in [3.05, 3.63) is 94.3 Å². The Kier molecular flexibility index (Phi) is 8.10. The molecule has 5 N–H and O–H groups in total. The SMILES string of the molecule is C=CCNn1c(C)nc(N)c1C(N)=O.CCc1nc2onc(C#Cc3cnn(C)c3)c2c(=O)n1-c1ccccc1. The number of imidazole rings is 1. The maximum absolute atomic E-state index is 13.1. The van der Waals surface area contributed by atoms with Gasteiger partial charge in [0, 0.05) is 26.2 Å². The van der Waals surface area contributed by atoms with Crippen molar-refractivity contribution in [3.63, 3.8) is 0 Å². The molecule has 13 nitrogen and oxygen atoms in total. The quantitative estimate of drug-likeness (QED) is 0.213. The molecule has 0 fully saturated rings. The molecule has 0 radical (unpaired) electrons. The van der Waals surface area contributed by atoms with Gasteiger partial charge < -0.3 is 21.4 Å². The highest BCUT2D eigenvalue weighted by atomic mass is 16.5. The van der Waals surface area contributed by atoms with E-state index in [1.807, 2.05) is 44.3 Å². The summed E-state index contributed by atoms with van der Waals surface area (Å²) in [6.07, 6.45) is 5.66. The highest BCUT2D eigenvalue weighted by molar-refractivity contribution is 5.95. The lowest BCUT2D eigenvalue weighted by molar-refractivity contribution is 0.0993. The molecule has 0 aliphatic rings. The molecule has 4 heterocycles. The molecule has 0 atom stereocenters. The Morgan fingerprint density at radius 3 is 2.60 bits per heavy atom. The molecule has 13 heteroatoms. The largest absolute Gasteiger partial charge is 0.382 e. The number of primary amides is 1. The molecule has 4 aromatic heterocycles. The number of nitrogens with two attached hydrogens (primary N) is 2. The Hall–Kier alpha value is -5.64. The number of fused-ring (bicyclic) bond motifs is 1. The minimum atomic E-state index is -0.611. The third-order valence-electron chi connectivity index (χ3n) is 5.64. The van der Waals surface area contributed by atoms with Gasteiger partial charge in [0.15, 0.2) is 17.2 Å². The number of nitrogens with zero attached hydrogens (tertiary/aromatic N) is 7. The lowest BCUT2D eigenvalue weighted by atomic mass is 10.2. The van der Waals surface area contributed by atoms with Crippen LogP contribution in [0.4, 0.5) is 5.82 Å². The highest BCUT2D eigenvalue weighted by Gasteiger charge is 2.19. The van der Waals surface area contributed by atoms with E-state index in [-0.39, 0.29) is 33.9 Å². The number of amides is 1. The monoisotopic (exact) mass is 540 g/mol. The van der Waals surface area contributed by atoms with Crippen LogP contribution in [-0.4, -0.2) is 46.6 Å². The van der Waals surface area contributed by atoms with Gasteiger partial charge in [0.1, 0.15) is 17.0 Å². The molecule has 0 saturated carbocycles. The van der Waals surface area contributed by atoms with E-state index < -0.39 is 5.91 Å². The van der Waals surface area contributed by atoms with Crippen LogP contribution in [0.1, 0.15) is 40.3 Å². The minimum absolute atomic E-state index is 0.131. The van der Waals surface area contributed by atoms with Gasteiger partial charge in [0.25, 0.3) is 17.2 Å². The van der Waals surface area contributed by atoms with Crippen LogP contribution in [0.25, 0.3) is 16.8 Å². The van der Waals surface area contributed by atoms with Crippen molar-refractivity contribution in [2.45, 2.75) is 20.3 Å². The van der Waals surface area contributed by atoms with Gasteiger partial charge in [-0.05, 0) is 25.0 Å². The van der Waals surface area contributed by atoms with Crippen LogP contribution in [0.2, 0.25) is 0 Å². The van der Waals surface area contributed by atoms with E-state index in [0.717, 1.165) is 11.3 Å². The van der Waals surface area contributed by atoms with E-state index in [1.165, 1.54) is 4.68 Å². The summed E-state index contributed by atoms with van der Waals surface area (Å²) in [4.78, 5) is 32.6. The third-order valence-corrected chi connectivity index (χ3v) is 5.64. The number of hydrogen-bond donors (Lipinski definition) is 3. The van der Waals surface area contributed by atoms with Gasteiger partial charge in [-0.3, -0.25) is 18.8 Å². The molecule has 204 valence electrons. The van der Waals surface area contributed by atoms with Gasteiger partial charge in [-0.15, -0.1) is 6.58 Å². The summed E-state index contributed by atoms with van der Waals surface area (Å²) >= 11 is 0. The Bertz CT molecular complexity index is 1800. The van der Waals surface area contributed by atoms with E-state index in [1.54, 1.807) is 34.6 Å². The fourth-order valence-electron chi connectivity index (χ4n) is 3.87. The van der Waals surface area contributed by atoms with Crippen molar-refractivity contribution in [2.24, 2.45) is 12.8 Å². The lowest BCUT2D eigenvalue weighted by Crippen LogP contribution is -2.25. The first kappa shape index (κ1) is 27.4. The average molecular weight is 541 g/mol. The van der Waals surface area contributed by atoms with Gasteiger partial charge in [-0.1, -0.05) is 42.3 Å².